The largest absolute Gasteiger partial charge is 0.478 e. The normalized spacial score (nSPS) is 20.4. The molecule has 1 heterocycles. The lowest BCUT2D eigenvalue weighted by atomic mass is 10.1. The molecule has 1 aromatic carbocycles. The molecule has 1 atom stereocenters. The summed E-state index contributed by atoms with van der Waals surface area (Å²) in [7, 11) is -3.77. The molecule has 0 bridgehead atoms. The van der Waals surface area contributed by atoms with Crippen molar-refractivity contribution in [2.45, 2.75) is 38.1 Å². The fourth-order valence-corrected chi connectivity index (χ4v) is 4.23. The highest BCUT2D eigenvalue weighted by Crippen LogP contribution is 2.27. The van der Waals surface area contributed by atoms with E-state index in [4.69, 9.17) is 4.74 Å². The van der Waals surface area contributed by atoms with Crippen molar-refractivity contribution in [3.05, 3.63) is 28.8 Å². The first-order chi connectivity index (χ1) is 9.75. The molecule has 21 heavy (non-hydrogen) atoms. The number of benzene rings is 1. The Morgan fingerprint density at radius 3 is 2.57 bits per heavy atom. The van der Waals surface area contributed by atoms with E-state index < -0.39 is 16.0 Å². The standard InChI is InChI=1S/C14H19NO5S/c1-9-6-10(2)13(7-12(9)14(16)17)21(18,19)15-8-20-5-4-11(15)3/h6-7,11H,4-5,8H2,1-3H3,(H,16,17). The summed E-state index contributed by atoms with van der Waals surface area (Å²) in [5, 5.41) is 9.18. The Morgan fingerprint density at radius 2 is 2.00 bits per heavy atom. The third kappa shape index (κ3) is 2.95. The van der Waals surface area contributed by atoms with Crippen molar-refractivity contribution in [3.8, 4) is 0 Å². The molecule has 0 spiro atoms. The van der Waals surface area contributed by atoms with Crippen LogP contribution in [-0.4, -0.2) is 43.2 Å². The van der Waals surface area contributed by atoms with Crippen LogP contribution in [0.5, 0.6) is 0 Å². The summed E-state index contributed by atoms with van der Waals surface area (Å²) in [5.41, 5.74) is 1.09. The lowest BCUT2D eigenvalue weighted by Crippen LogP contribution is -2.44. The summed E-state index contributed by atoms with van der Waals surface area (Å²) in [5.74, 6) is -1.13. The molecule has 2 rings (SSSR count). The van der Waals surface area contributed by atoms with Gasteiger partial charge in [0.25, 0.3) is 0 Å². The SMILES string of the molecule is Cc1cc(C)c(S(=O)(=O)N2COCCC2C)cc1C(=O)O. The van der Waals surface area contributed by atoms with E-state index in [1.54, 1.807) is 19.9 Å². The zero-order valence-electron chi connectivity index (χ0n) is 12.3. The quantitative estimate of drug-likeness (QED) is 0.919. The van der Waals surface area contributed by atoms with Gasteiger partial charge in [0.15, 0.2) is 0 Å². The molecule has 1 saturated heterocycles. The van der Waals surface area contributed by atoms with Crippen LogP contribution in [-0.2, 0) is 14.8 Å². The smallest absolute Gasteiger partial charge is 0.335 e. The highest BCUT2D eigenvalue weighted by Gasteiger charge is 2.33. The molecule has 6 nitrogen and oxygen atoms in total. The van der Waals surface area contributed by atoms with Crippen LogP contribution >= 0.6 is 0 Å². The fourth-order valence-electron chi connectivity index (χ4n) is 2.45. The molecule has 7 heteroatoms. The molecule has 1 unspecified atom stereocenters. The number of ether oxygens (including phenoxy) is 1. The van der Waals surface area contributed by atoms with Gasteiger partial charge in [0.1, 0.15) is 6.73 Å². The Bertz CT molecular complexity index is 668. The first-order valence-electron chi connectivity index (χ1n) is 6.69. The zero-order valence-corrected chi connectivity index (χ0v) is 13.1. The minimum absolute atomic E-state index is 0.000773. The highest BCUT2D eigenvalue weighted by atomic mass is 32.2. The van der Waals surface area contributed by atoms with E-state index in [0.29, 0.717) is 24.2 Å². The summed E-state index contributed by atoms with van der Waals surface area (Å²) in [6, 6.07) is 2.66. The van der Waals surface area contributed by atoms with Gasteiger partial charge in [-0.25, -0.2) is 13.2 Å². The van der Waals surface area contributed by atoms with Crippen LogP contribution in [0.2, 0.25) is 0 Å². The highest BCUT2D eigenvalue weighted by molar-refractivity contribution is 7.89. The molecule has 0 aliphatic carbocycles. The van der Waals surface area contributed by atoms with Gasteiger partial charge in [0, 0.05) is 12.6 Å². The van der Waals surface area contributed by atoms with Gasteiger partial charge in [-0.15, -0.1) is 0 Å². The molecule has 1 aliphatic rings. The average Bonchev–Trinajstić information content (AvgIpc) is 2.38. The van der Waals surface area contributed by atoms with E-state index in [1.165, 1.54) is 10.4 Å². The van der Waals surface area contributed by atoms with E-state index in [-0.39, 0.29) is 23.2 Å². The van der Waals surface area contributed by atoms with E-state index in [1.807, 2.05) is 6.92 Å². The van der Waals surface area contributed by atoms with Crippen molar-refractivity contribution in [2.24, 2.45) is 0 Å². The lowest BCUT2D eigenvalue weighted by molar-refractivity contribution is 0.00565. The fraction of sp³-hybridized carbons (Fsp3) is 0.500. The summed E-state index contributed by atoms with van der Waals surface area (Å²) in [4.78, 5) is 11.3. The minimum Gasteiger partial charge on any atom is -0.478 e. The summed E-state index contributed by atoms with van der Waals surface area (Å²) < 4.78 is 32.0. The van der Waals surface area contributed by atoms with Crippen LogP contribution in [0.3, 0.4) is 0 Å². The van der Waals surface area contributed by atoms with Gasteiger partial charge in [-0.2, -0.15) is 4.31 Å². The van der Waals surface area contributed by atoms with E-state index in [9.17, 15) is 18.3 Å². The zero-order chi connectivity index (χ0) is 15.8. The maximum atomic E-state index is 12.8. The molecule has 1 fully saturated rings. The Hall–Kier alpha value is -1.44. The van der Waals surface area contributed by atoms with Gasteiger partial charge in [-0.3, -0.25) is 0 Å². The number of nitrogens with zero attached hydrogens (tertiary/aromatic N) is 1. The number of hydrogen-bond donors (Lipinski definition) is 1. The molecule has 0 saturated carbocycles. The monoisotopic (exact) mass is 313 g/mol. The molecule has 0 aromatic heterocycles. The number of rotatable bonds is 3. The van der Waals surface area contributed by atoms with Crippen molar-refractivity contribution in [2.75, 3.05) is 13.3 Å². The summed E-state index contributed by atoms with van der Waals surface area (Å²) in [6.45, 7) is 5.67. The van der Waals surface area contributed by atoms with Crippen molar-refractivity contribution < 1.29 is 23.1 Å². The molecule has 0 amide bonds. The molecule has 1 N–H and O–H groups in total. The number of carbonyl (C=O) groups is 1. The van der Waals surface area contributed by atoms with Crippen LogP contribution < -0.4 is 0 Å². The summed E-state index contributed by atoms with van der Waals surface area (Å²) >= 11 is 0. The van der Waals surface area contributed by atoms with Crippen molar-refractivity contribution in [1.29, 1.82) is 0 Å². The van der Waals surface area contributed by atoms with Crippen LogP contribution in [0.4, 0.5) is 0 Å². The Kier molecular flexibility index (Phi) is 4.36. The van der Waals surface area contributed by atoms with Gasteiger partial charge >= 0.3 is 5.97 Å². The number of carboxylic acids is 1. The minimum atomic E-state index is -3.77. The molecule has 1 aromatic rings. The second-order valence-electron chi connectivity index (χ2n) is 5.30. The molecular formula is C14H19NO5S. The van der Waals surface area contributed by atoms with E-state index >= 15 is 0 Å². The number of hydrogen-bond acceptors (Lipinski definition) is 4. The van der Waals surface area contributed by atoms with Gasteiger partial charge in [0.05, 0.1) is 10.5 Å². The van der Waals surface area contributed by atoms with Gasteiger partial charge in [-0.1, -0.05) is 6.07 Å². The van der Waals surface area contributed by atoms with Crippen molar-refractivity contribution in [1.82, 2.24) is 4.31 Å². The van der Waals surface area contributed by atoms with Gasteiger partial charge in [0.2, 0.25) is 10.0 Å². The van der Waals surface area contributed by atoms with Crippen molar-refractivity contribution in [3.63, 3.8) is 0 Å². The Morgan fingerprint density at radius 1 is 1.33 bits per heavy atom. The number of carboxylic acid groups (broad SMARTS) is 1. The number of aromatic carboxylic acids is 1. The Labute approximate surface area is 124 Å². The molecule has 1 aliphatic heterocycles. The lowest BCUT2D eigenvalue weighted by Gasteiger charge is -2.32. The first kappa shape index (κ1) is 15.9. The predicted octanol–water partition coefficient (Wildman–Crippen LogP) is 1.76. The maximum Gasteiger partial charge on any atom is 0.335 e. The first-order valence-corrected chi connectivity index (χ1v) is 8.13. The van der Waals surface area contributed by atoms with Crippen LogP contribution in [0.15, 0.2) is 17.0 Å². The molecule has 0 radical (unpaired) electrons. The van der Waals surface area contributed by atoms with Gasteiger partial charge < -0.3 is 9.84 Å². The Balaban J connectivity index is 2.54. The molecule has 116 valence electrons. The second-order valence-corrected chi connectivity index (χ2v) is 7.16. The maximum absolute atomic E-state index is 12.8. The predicted molar refractivity (Wildman–Crippen MR) is 76.8 cm³/mol. The van der Waals surface area contributed by atoms with Crippen molar-refractivity contribution >= 4 is 16.0 Å². The van der Waals surface area contributed by atoms with Crippen LogP contribution in [0.25, 0.3) is 0 Å². The summed E-state index contributed by atoms with van der Waals surface area (Å²) in [6.07, 6.45) is 0.621. The van der Waals surface area contributed by atoms with E-state index in [0.717, 1.165) is 0 Å². The third-order valence-electron chi connectivity index (χ3n) is 3.73. The average molecular weight is 313 g/mol. The number of aryl methyl sites for hydroxylation is 2. The van der Waals surface area contributed by atoms with Crippen LogP contribution in [0, 0.1) is 13.8 Å². The third-order valence-corrected chi connectivity index (χ3v) is 5.81. The van der Waals surface area contributed by atoms with E-state index in [2.05, 4.69) is 0 Å². The second kappa shape index (κ2) is 5.75. The van der Waals surface area contributed by atoms with Gasteiger partial charge in [-0.05, 0) is 44.4 Å². The van der Waals surface area contributed by atoms with Crippen LogP contribution in [0.1, 0.15) is 34.8 Å². The molecular weight excluding hydrogens is 294 g/mol. The topological polar surface area (TPSA) is 83.9 Å². The number of sulfonamides is 1.